The van der Waals surface area contributed by atoms with Crippen LogP contribution in [0.4, 0.5) is 0 Å². The standard InChI is InChI=1S/C54H34N2S/c1-4-13-35(14-5-1)38-25-29-49-45(31-38)47-34-52-48(33-51(47)55(49)40-17-8-3-9-18-40)46-32-39(36-15-6-2-7-16-36)26-30-50(46)56(52)41-27-23-37(24-28-41)42-20-12-21-44-43-19-10-11-22-53(43)57-54(42)44/h1-34H. The Morgan fingerprint density at radius 3 is 1.35 bits per heavy atom. The Kier molecular flexibility index (Phi) is 7.13. The zero-order chi connectivity index (χ0) is 37.5. The lowest BCUT2D eigenvalue weighted by atomic mass is 10.0. The van der Waals surface area contributed by atoms with Crippen LogP contribution in [0.3, 0.4) is 0 Å². The topological polar surface area (TPSA) is 9.86 Å². The Hall–Kier alpha value is -7.20. The van der Waals surface area contributed by atoms with E-state index >= 15 is 0 Å². The van der Waals surface area contributed by atoms with Crippen LogP contribution in [0.5, 0.6) is 0 Å². The number of fused-ring (bicyclic) bond motifs is 9. The summed E-state index contributed by atoms with van der Waals surface area (Å²) in [6.45, 7) is 0. The average Bonchev–Trinajstić information content (AvgIpc) is 3.93. The largest absolute Gasteiger partial charge is 0.309 e. The van der Waals surface area contributed by atoms with Gasteiger partial charge in [-0.15, -0.1) is 11.3 Å². The highest BCUT2D eigenvalue weighted by atomic mass is 32.1. The van der Waals surface area contributed by atoms with Crippen LogP contribution < -0.4 is 0 Å². The summed E-state index contributed by atoms with van der Waals surface area (Å²) in [6, 6.07) is 75.7. The summed E-state index contributed by atoms with van der Waals surface area (Å²) in [6.07, 6.45) is 0. The van der Waals surface area contributed by atoms with Gasteiger partial charge in [0.15, 0.2) is 0 Å². The number of thiophene rings is 1. The third-order valence-corrected chi connectivity index (χ3v) is 12.9. The van der Waals surface area contributed by atoms with Gasteiger partial charge in [0.25, 0.3) is 0 Å². The normalized spacial score (nSPS) is 11.9. The maximum absolute atomic E-state index is 2.47. The lowest BCUT2D eigenvalue weighted by molar-refractivity contribution is 1.17. The van der Waals surface area contributed by atoms with Gasteiger partial charge in [0.05, 0.1) is 22.1 Å². The minimum Gasteiger partial charge on any atom is -0.309 e. The molecule has 3 heterocycles. The molecule has 0 saturated carbocycles. The molecule has 0 spiro atoms. The van der Waals surface area contributed by atoms with Gasteiger partial charge >= 0.3 is 0 Å². The number of hydrogen-bond donors (Lipinski definition) is 0. The summed E-state index contributed by atoms with van der Waals surface area (Å²) in [4.78, 5) is 0. The van der Waals surface area contributed by atoms with E-state index in [1.807, 2.05) is 11.3 Å². The molecule has 0 aliphatic heterocycles. The van der Waals surface area contributed by atoms with Crippen molar-refractivity contribution < 1.29 is 0 Å². The van der Waals surface area contributed by atoms with Crippen molar-refractivity contribution in [3.63, 3.8) is 0 Å². The summed E-state index contributed by atoms with van der Waals surface area (Å²) < 4.78 is 7.57. The van der Waals surface area contributed by atoms with Crippen molar-refractivity contribution >= 4 is 75.1 Å². The molecular weight excluding hydrogens is 709 g/mol. The molecular formula is C54H34N2S. The van der Waals surface area contributed by atoms with Gasteiger partial charge in [-0.3, -0.25) is 0 Å². The summed E-state index contributed by atoms with van der Waals surface area (Å²) >= 11 is 1.88. The van der Waals surface area contributed by atoms with E-state index < -0.39 is 0 Å². The zero-order valence-corrected chi connectivity index (χ0v) is 31.7. The van der Waals surface area contributed by atoms with E-state index in [1.165, 1.54) is 97.2 Å². The van der Waals surface area contributed by atoms with Crippen LogP contribution in [0.1, 0.15) is 0 Å². The van der Waals surface area contributed by atoms with Crippen molar-refractivity contribution in [3.05, 3.63) is 206 Å². The highest BCUT2D eigenvalue weighted by molar-refractivity contribution is 7.26. The lowest BCUT2D eigenvalue weighted by Gasteiger charge is -2.11. The fourth-order valence-electron chi connectivity index (χ4n) is 9.05. The van der Waals surface area contributed by atoms with Crippen LogP contribution in [-0.2, 0) is 0 Å². The molecule has 0 N–H and O–H groups in total. The number of aromatic nitrogens is 2. The van der Waals surface area contributed by atoms with Crippen molar-refractivity contribution in [1.82, 2.24) is 9.13 Å². The molecule has 0 radical (unpaired) electrons. The van der Waals surface area contributed by atoms with E-state index in [2.05, 4.69) is 215 Å². The molecule has 2 nitrogen and oxygen atoms in total. The van der Waals surface area contributed by atoms with Crippen molar-refractivity contribution in [2.45, 2.75) is 0 Å². The average molecular weight is 743 g/mol. The maximum Gasteiger partial charge on any atom is 0.0548 e. The summed E-state index contributed by atoms with van der Waals surface area (Å²) in [5.41, 5.74) is 14.4. The van der Waals surface area contributed by atoms with Crippen LogP contribution in [0.2, 0.25) is 0 Å². The molecule has 0 aliphatic rings. The van der Waals surface area contributed by atoms with Gasteiger partial charge in [-0.1, -0.05) is 140 Å². The SMILES string of the molecule is c1ccc(-c2ccc3c(c2)c2cc4c(cc2n3-c2ccccc2)c2cc(-c3ccccc3)ccc2n4-c2ccc(-c3cccc4c3sc3ccccc34)cc2)cc1. The first kappa shape index (κ1) is 32.1. The Bertz CT molecular complexity index is 3480. The Morgan fingerprint density at radius 2 is 0.754 bits per heavy atom. The monoisotopic (exact) mass is 742 g/mol. The number of para-hydroxylation sites is 1. The van der Waals surface area contributed by atoms with Crippen molar-refractivity contribution in [3.8, 4) is 44.8 Å². The predicted octanol–water partition coefficient (Wildman–Crippen LogP) is 15.2. The second-order valence-electron chi connectivity index (χ2n) is 14.9. The van der Waals surface area contributed by atoms with Crippen molar-refractivity contribution in [1.29, 1.82) is 0 Å². The molecule has 0 bridgehead atoms. The first-order chi connectivity index (χ1) is 28.3. The molecule has 0 fully saturated rings. The smallest absolute Gasteiger partial charge is 0.0548 e. The molecule has 0 amide bonds. The highest BCUT2D eigenvalue weighted by Crippen LogP contribution is 2.43. The van der Waals surface area contributed by atoms with Crippen molar-refractivity contribution in [2.75, 3.05) is 0 Å². The second kappa shape index (κ2) is 12.7. The minimum absolute atomic E-state index is 1.14. The first-order valence-corrected chi connectivity index (χ1v) is 20.3. The van der Waals surface area contributed by atoms with Gasteiger partial charge in [0, 0.05) is 53.1 Å². The van der Waals surface area contributed by atoms with Crippen LogP contribution in [-0.4, -0.2) is 9.13 Å². The van der Waals surface area contributed by atoms with E-state index in [4.69, 9.17) is 0 Å². The summed E-state index contributed by atoms with van der Waals surface area (Å²) in [7, 11) is 0. The molecule has 57 heavy (non-hydrogen) atoms. The number of rotatable bonds is 5. The second-order valence-corrected chi connectivity index (χ2v) is 16.0. The van der Waals surface area contributed by atoms with Crippen molar-refractivity contribution in [2.24, 2.45) is 0 Å². The van der Waals surface area contributed by atoms with Crippen LogP contribution in [0.25, 0.3) is 109 Å². The van der Waals surface area contributed by atoms with E-state index in [1.54, 1.807) is 0 Å². The fourth-order valence-corrected chi connectivity index (χ4v) is 10.3. The Morgan fingerprint density at radius 1 is 0.281 bits per heavy atom. The minimum atomic E-state index is 1.14. The van der Waals surface area contributed by atoms with Gasteiger partial charge in [0.2, 0.25) is 0 Å². The Balaban J connectivity index is 1.12. The van der Waals surface area contributed by atoms with E-state index in [0.717, 1.165) is 11.4 Å². The molecule has 0 atom stereocenters. The number of nitrogens with zero attached hydrogens (tertiary/aromatic N) is 2. The molecule has 3 heteroatoms. The third-order valence-electron chi connectivity index (χ3n) is 11.7. The number of hydrogen-bond acceptors (Lipinski definition) is 1. The summed E-state index contributed by atoms with van der Waals surface area (Å²) in [5.74, 6) is 0. The van der Waals surface area contributed by atoms with Crippen LogP contribution >= 0.6 is 11.3 Å². The van der Waals surface area contributed by atoms with Gasteiger partial charge in [-0.2, -0.15) is 0 Å². The Labute approximate surface area is 333 Å². The first-order valence-electron chi connectivity index (χ1n) is 19.5. The maximum atomic E-state index is 2.47. The predicted molar refractivity (Wildman–Crippen MR) is 244 cm³/mol. The van der Waals surface area contributed by atoms with Gasteiger partial charge in [-0.25, -0.2) is 0 Å². The zero-order valence-electron chi connectivity index (χ0n) is 30.9. The molecule has 0 saturated heterocycles. The fraction of sp³-hybridized carbons (Fsp3) is 0. The molecule has 12 rings (SSSR count). The van der Waals surface area contributed by atoms with Crippen LogP contribution in [0, 0.1) is 0 Å². The summed E-state index contributed by atoms with van der Waals surface area (Å²) in [5, 5.41) is 7.60. The molecule has 0 aliphatic carbocycles. The molecule has 266 valence electrons. The van der Waals surface area contributed by atoms with Gasteiger partial charge < -0.3 is 9.13 Å². The molecule has 9 aromatic carbocycles. The van der Waals surface area contributed by atoms with Crippen LogP contribution in [0.15, 0.2) is 206 Å². The van der Waals surface area contributed by atoms with E-state index in [-0.39, 0.29) is 0 Å². The highest BCUT2D eigenvalue weighted by Gasteiger charge is 2.20. The lowest BCUT2D eigenvalue weighted by Crippen LogP contribution is -1.95. The van der Waals surface area contributed by atoms with Gasteiger partial charge in [-0.05, 0) is 100 Å². The number of benzene rings is 9. The quantitative estimate of drug-likeness (QED) is 0.166. The van der Waals surface area contributed by atoms with E-state index in [9.17, 15) is 0 Å². The molecule has 0 unspecified atom stereocenters. The molecule has 3 aromatic heterocycles. The third kappa shape index (κ3) is 5.03. The van der Waals surface area contributed by atoms with Gasteiger partial charge in [0.1, 0.15) is 0 Å². The van der Waals surface area contributed by atoms with E-state index in [0.29, 0.717) is 0 Å². The molecule has 12 aromatic rings.